The third-order valence-electron chi connectivity index (χ3n) is 3.74. The van der Waals surface area contributed by atoms with Crippen molar-refractivity contribution in [1.29, 1.82) is 0 Å². The van der Waals surface area contributed by atoms with Crippen molar-refractivity contribution >= 4 is 11.5 Å². The standard InChI is InChI=1S/C22H26O3/c1-15-6-9-17(10-7-15)19(21(24)25-22(3,4)5)12-11-18-14-16(2)8-13-20(18)23/h6-10,12-14,23H,11H2,1-5H3. The number of rotatable bonds is 4. The lowest BCUT2D eigenvalue weighted by Gasteiger charge is -2.21. The molecule has 2 aromatic rings. The fourth-order valence-electron chi connectivity index (χ4n) is 2.48. The molecule has 0 aliphatic heterocycles. The van der Waals surface area contributed by atoms with E-state index in [9.17, 15) is 9.90 Å². The second-order valence-corrected chi connectivity index (χ2v) is 7.32. The number of carbonyl (C=O) groups is 1. The molecule has 0 atom stereocenters. The summed E-state index contributed by atoms with van der Waals surface area (Å²) in [6.07, 6.45) is 2.28. The van der Waals surface area contributed by atoms with E-state index in [1.54, 1.807) is 6.07 Å². The SMILES string of the molecule is Cc1ccc(C(=CCc2cc(C)ccc2O)C(=O)OC(C)(C)C)cc1. The molecule has 0 saturated carbocycles. The molecule has 2 aromatic carbocycles. The molecule has 0 aliphatic carbocycles. The number of phenolic OH excluding ortho intramolecular Hbond substituents is 1. The van der Waals surface area contributed by atoms with Crippen LogP contribution in [0.25, 0.3) is 5.57 Å². The van der Waals surface area contributed by atoms with E-state index < -0.39 is 5.60 Å². The highest BCUT2D eigenvalue weighted by Crippen LogP contribution is 2.24. The number of ether oxygens (including phenoxy) is 1. The Hall–Kier alpha value is -2.55. The van der Waals surface area contributed by atoms with Gasteiger partial charge in [0.1, 0.15) is 11.4 Å². The maximum atomic E-state index is 12.7. The zero-order valence-electron chi connectivity index (χ0n) is 15.6. The van der Waals surface area contributed by atoms with Crippen molar-refractivity contribution in [2.75, 3.05) is 0 Å². The summed E-state index contributed by atoms with van der Waals surface area (Å²) >= 11 is 0. The fraction of sp³-hybridized carbons (Fsp3) is 0.318. The van der Waals surface area contributed by atoms with Gasteiger partial charge in [-0.2, -0.15) is 0 Å². The highest BCUT2D eigenvalue weighted by molar-refractivity contribution is 6.16. The van der Waals surface area contributed by atoms with Gasteiger partial charge in [0.25, 0.3) is 0 Å². The lowest BCUT2D eigenvalue weighted by atomic mass is 10.00. The van der Waals surface area contributed by atoms with Crippen LogP contribution in [0.5, 0.6) is 5.75 Å². The smallest absolute Gasteiger partial charge is 0.338 e. The third-order valence-corrected chi connectivity index (χ3v) is 3.74. The predicted octanol–water partition coefficient (Wildman–Crippen LogP) is 4.98. The van der Waals surface area contributed by atoms with E-state index in [1.807, 2.05) is 77.1 Å². The minimum atomic E-state index is -0.563. The number of allylic oxidation sites excluding steroid dienone is 1. The third kappa shape index (κ3) is 5.49. The monoisotopic (exact) mass is 338 g/mol. The molecule has 0 aromatic heterocycles. The first-order valence-electron chi connectivity index (χ1n) is 8.45. The Bertz CT molecular complexity index is 778. The van der Waals surface area contributed by atoms with Crippen LogP contribution in [-0.2, 0) is 16.0 Å². The molecule has 0 amide bonds. The first kappa shape index (κ1) is 18.8. The van der Waals surface area contributed by atoms with Gasteiger partial charge in [-0.05, 0) is 58.2 Å². The number of hydrogen-bond donors (Lipinski definition) is 1. The molecule has 0 heterocycles. The topological polar surface area (TPSA) is 46.5 Å². The van der Waals surface area contributed by atoms with Crippen LogP contribution >= 0.6 is 0 Å². The molecular formula is C22H26O3. The van der Waals surface area contributed by atoms with Crippen LogP contribution in [-0.4, -0.2) is 16.7 Å². The number of benzene rings is 2. The molecule has 2 rings (SSSR count). The van der Waals surface area contributed by atoms with E-state index >= 15 is 0 Å². The van der Waals surface area contributed by atoms with E-state index in [0.717, 1.165) is 22.3 Å². The van der Waals surface area contributed by atoms with Gasteiger partial charge in [0.15, 0.2) is 0 Å². The molecule has 0 saturated heterocycles. The number of phenols is 1. The van der Waals surface area contributed by atoms with E-state index in [4.69, 9.17) is 4.74 Å². The quantitative estimate of drug-likeness (QED) is 0.632. The molecular weight excluding hydrogens is 312 g/mol. The van der Waals surface area contributed by atoms with Gasteiger partial charge in [-0.1, -0.05) is 53.6 Å². The molecule has 0 unspecified atom stereocenters. The Morgan fingerprint density at radius 2 is 1.64 bits per heavy atom. The van der Waals surface area contributed by atoms with Gasteiger partial charge in [0.05, 0.1) is 5.57 Å². The second kappa shape index (κ2) is 7.56. The van der Waals surface area contributed by atoms with Gasteiger partial charge in [-0.15, -0.1) is 0 Å². The number of hydrogen-bond acceptors (Lipinski definition) is 3. The average molecular weight is 338 g/mol. The van der Waals surface area contributed by atoms with Gasteiger partial charge in [-0.25, -0.2) is 4.79 Å². The van der Waals surface area contributed by atoms with Gasteiger partial charge >= 0.3 is 5.97 Å². The molecule has 1 N–H and O–H groups in total. The van der Waals surface area contributed by atoms with Gasteiger partial charge in [0.2, 0.25) is 0 Å². The molecule has 0 bridgehead atoms. The summed E-state index contributed by atoms with van der Waals surface area (Å²) in [4.78, 5) is 12.7. The van der Waals surface area contributed by atoms with E-state index in [0.29, 0.717) is 12.0 Å². The number of aromatic hydroxyl groups is 1. The predicted molar refractivity (Wildman–Crippen MR) is 102 cm³/mol. The van der Waals surface area contributed by atoms with Crippen molar-refractivity contribution in [2.24, 2.45) is 0 Å². The minimum Gasteiger partial charge on any atom is -0.508 e. The largest absolute Gasteiger partial charge is 0.508 e. The van der Waals surface area contributed by atoms with Crippen LogP contribution in [0.3, 0.4) is 0 Å². The van der Waals surface area contributed by atoms with Crippen molar-refractivity contribution in [2.45, 2.75) is 46.6 Å². The number of aryl methyl sites for hydroxylation is 2. The summed E-state index contributed by atoms with van der Waals surface area (Å²) in [7, 11) is 0. The van der Waals surface area contributed by atoms with Crippen molar-refractivity contribution in [1.82, 2.24) is 0 Å². The Labute approximate surface area is 150 Å². The van der Waals surface area contributed by atoms with Gasteiger partial charge in [-0.3, -0.25) is 0 Å². The molecule has 3 nitrogen and oxygen atoms in total. The minimum absolute atomic E-state index is 0.231. The van der Waals surface area contributed by atoms with Gasteiger partial charge < -0.3 is 9.84 Å². The van der Waals surface area contributed by atoms with Crippen molar-refractivity contribution in [3.05, 3.63) is 70.8 Å². The maximum absolute atomic E-state index is 12.7. The zero-order valence-corrected chi connectivity index (χ0v) is 15.6. The molecule has 0 radical (unpaired) electrons. The van der Waals surface area contributed by atoms with Crippen LogP contribution in [0.1, 0.15) is 43.0 Å². The highest BCUT2D eigenvalue weighted by Gasteiger charge is 2.21. The summed E-state index contributed by atoms with van der Waals surface area (Å²) < 4.78 is 5.56. The summed E-state index contributed by atoms with van der Waals surface area (Å²) in [6, 6.07) is 13.2. The average Bonchev–Trinajstić information content (AvgIpc) is 2.50. The summed E-state index contributed by atoms with van der Waals surface area (Å²) in [6.45, 7) is 9.53. The van der Waals surface area contributed by atoms with E-state index in [1.165, 1.54) is 0 Å². The van der Waals surface area contributed by atoms with Crippen LogP contribution in [0.2, 0.25) is 0 Å². The summed E-state index contributed by atoms with van der Waals surface area (Å²) in [5.41, 5.74) is 3.74. The normalized spacial score (nSPS) is 12.1. The Balaban J connectivity index is 2.38. The second-order valence-electron chi connectivity index (χ2n) is 7.32. The summed E-state index contributed by atoms with van der Waals surface area (Å²) in [5, 5.41) is 10.0. The van der Waals surface area contributed by atoms with Crippen molar-refractivity contribution in [3.63, 3.8) is 0 Å². The first-order chi connectivity index (χ1) is 11.7. The first-order valence-corrected chi connectivity index (χ1v) is 8.45. The Morgan fingerprint density at radius 3 is 2.24 bits per heavy atom. The van der Waals surface area contributed by atoms with Crippen LogP contribution in [0.15, 0.2) is 48.5 Å². The van der Waals surface area contributed by atoms with Gasteiger partial charge in [0, 0.05) is 0 Å². The Kier molecular flexibility index (Phi) is 5.68. The lowest BCUT2D eigenvalue weighted by molar-refractivity contribution is -0.147. The van der Waals surface area contributed by atoms with Crippen LogP contribution < -0.4 is 0 Å². The molecule has 25 heavy (non-hydrogen) atoms. The number of carbonyl (C=O) groups excluding carboxylic acids is 1. The van der Waals surface area contributed by atoms with Crippen molar-refractivity contribution < 1.29 is 14.6 Å². The van der Waals surface area contributed by atoms with Crippen LogP contribution in [0, 0.1) is 13.8 Å². The molecule has 0 spiro atoms. The molecule has 0 fully saturated rings. The lowest BCUT2D eigenvalue weighted by Crippen LogP contribution is -2.24. The Morgan fingerprint density at radius 1 is 1.04 bits per heavy atom. The summed E-state index contributed by atoms with van der Waals surface area (Å²) in [5.74, 6) is -0.127. The highest BCUT2D eigenvalue weighted by atomic mass is 16.6. The molecule has 0 aliphatic rings. The van der Waals surface area contributed by atoms with Crippen LogP contribution in [0.4, 0.5) is 0 Å². The molecule has 3 heteroatoms. The van der Waals surface area contributed by atoms with Crippen molar-refractivity contribution in [3.8, 4) is 5.75 Å². The van der Waals surface area contributed by atoms with E-state index in [2.05, 4.69) is 0 Å². The number of esters is 1. The maximum Gasteiger partial charge on any atom is 0.338 e. The fourth-order valence-corrected chi connectivity index (χ4v) is 2.48. The molecule has 132 valence electrons. The zero-order chi connectivity index (χ0) is 18.6. The van der Waals surface area contributed by atoms with E-state index in [-0.39, 0.29) is 11.7 Å².